The molecule has 0 N–H and O–H groups in total. The minimum absolute atomic E-state index is 0.0623. The molecule has 0 saturated carbocycles. The van der Waals surface area contributed by atoms with Crippen molar-refractivity contribution in [3.8, 4) is 5.75 Å². The van der Waals surface area contributed by atoms with Crippen molar-refractivity contribution in [2.75, 3.05) is 25.1 Å². The van der Waals surface area contributed by atoms with Crippen molar-refractivity contribution in [3.63, 3.8) is 0 Å². The van der Waals surface area contributed by atoms with E-state index in [0.29, 0.717) is 19.6 Å². The van der Waals surface area contributed by atoms with Gasteiger partial charge >= 0.3 is 0 Å². The zero-order valence-corrected chi connectivity index (χ0v) is 16.4. The highest BCUT2D eigenvalue weighted by Crippen LogP contribution is 2.22. The predicted octanol–water partition coefficient (Wildman–Crippen LogP) is 3.88. The van der Waals surface area contributed by atoms with Crippen LogP contribution in [0.1, 0.15) is 30.9 Å². The molecular formula is C23H26N2O3. The average molecular weight is 378 g/mol. The zero-order chi connectivity index (χ0) is 19.9. The minimum Gasteiger partial charge on any atom is -0.494 e. The highest BCUT2D eigenvalue weighted by Gasteiger charge is 2.21. The van der Waals surface area contributed by atoms with Crippen LogP contribution >= 0.6 is 0 Å². The van der Waals surface area contributed by atoms with Crippen LogP contribution in [-0.2, 0) is 16.1 Å². The minimum atomic E-state index is -0.0623. The smallest absolute Gasteiger partial charge is 0.246 e. The molecule has 2 aromatic rings. The van der Waals surface area contributed by atoms with Crippen molar-refractivity contribution in [1.29, 1.82) is 0 Å². The van der Waals surface area contributed by atoms with Gasteiger partial charge in [0.15, 0.2) is 0 Å². The molecule has 5 heteroatoms. The largest absolute Gasteiger partial charge is 0.494 e. The average Bonchev–Trinajstić information content (AvgIpc) is 3.14. The van der Waals surface area contributed by atoms with Gasteiger partial charge in [0.2, 0.25) is 11.8 Å². The van der Waals surface area contributed by atoms with E-state index in [1.54, 1.807) is 24.1 Å². The first kappa shape index (κ1) is 19.7. The SMILES string of the molecule is CCOc1ccc(CN(C)C(=O)/C=C/c2ccc(N3CCCC3=O)cc2)cc1. The van der Waals surface area contributed by atoms with Crippen LogP contribution in [0.5, 0.6) is 5.75 Å². The number of anilines is 1. The molecule has 0 bridgehead atoms. The summed E-state index contributed by atoms with van der Waals surface area (Å²) in [5.74, 6) is 0.946. The molecule has 3 rings (SSSR count). The molecule has 1 aliphatic heterocycles. The summed E-state index contributed by atoms with van der Waals surface area (Å²) in [6, 6.07) is 15.5. The van der Waals surface area contributed by atoms with Gasteiger partial charge in [0.05, 0.1) is 6.61 Å². The lowest BCUT2D eigenvalue weighted by molar-refractivity contribution is -0.125. The van der Waals surface area contributed by atoms with Crippen LogP contribution < -0.4 is 9.64 Å². The van der Waals surface area contributed by atoms with E-state index in [0.717, 1.165) is 35.5 Å². The third kappa shape index (κ3) is 5.00. The van der Waals surface area contributed by atoms with Gasteiger partial charge in [-0.1, -0.05) is 24.3 Å². The van der Waals surface area contributed by atoms with Gasteiger partial charge in [0.1, 0.15) is 5.75 Å². The van der Waals surface area contributed by atoms with E-state index in [2.05, 4.69) is 0 Å². The predicted molar refractivity (Wildman–Crippen MR) is 111 cm³/mol. The van der Waals surface area contributed by atoms with Gasteiger partial charge in [-0.25, -0.2) is 0 Å². The van der Waals surface area contributed by atoms with Crippen LogP contribution in [0.3, 0.4) is 0 Å². The topological polar surface area (TPSA) is 49.9 Å². The number of nitrogens with zero attached hydrogens (tertiary/aromatic N) is 2. The number of ether oxygens (including phenoxy) is 1. The van der Waals surface area contributed by atoms with Crippen LogP contribution in [0.15, 0.2) is 54.6 Å². The number of amides is 2. The molecular weight excluding hydrogens is 352 g/mol. The zero-order valence-electron chi connectivity index (χ0n) is 16.4. The Morgan fingerprint density at radius 1 is 1.14 bits per heavy atom. The van der Waals surface area contributed by atoms with E-state index in [9.17, 15) is 9.59 Å². The molecule has 1 saturated heterocycles. The quantitative estimate of drug-likeness (QED) is 0.687. The van der Waals surface area contributed by atoms with E-state index in [4.69, 9.17) is 4.74 Å². The summed E-state index contributed by atoms with van der Waals surface area (Å²) >= 11 is 0. The molecule has 28 heavy (non-hydrogen) atoms. The highest BCUT2D eigenvalue weighted by atomic mass is 16.5. The fourth-order valence-electron chi connectivity index (χ4n) is 3.19. The summed E-state index contributed by atoms with van der Waals surface area (Å²) in [7, 11) is 1.78. The molecule has 0 radical (unpaired) electrons. The molecule has 146 valence electrons. The molecule has 0 atom stereocenters. The van der Waals surface area contributed by atoms with Crippen molar-refractivity contribution in [1.82, 2.24) is 4.90 Å². The molecule has 1 aliphatic rings. The first-order valence-corrected chi connectivity index (χ1v) is 9.62. The van der Waals surface area contributed by atoms with Crippen LogP contribution in [0.25, 0.3) is 6.08 Å². The number of hydrogen-bond donors (Lipinski definition) is 0. The maximum atomic E-state index is 12.4. The van der Waals surface area contributed by atoms with Crippen molar-refractivity contribution < 1.29 is 14.3 Å². The second-order valence-electron chi connectivity index (χ2n) is 6.85. The van der Waals surface area contributed by atoms with Crippen molar-refractivity contribution in [2.24, 2.45) is 0 Å². The number of likely N-dealkylation sites (N-methyl/N-ethyl adjacent to an activating group) is 1. The Balaban J connectivity index is 1.55. The van der Waals surface area contributed by atoms with Crippen LogP contribution in [0, 0.1) is 0 Å². The third-order valence-electron chi connectivity index (χ3n) is 4.73. The fourth-order valence-corrected chi connectivity index (χ4v) is 3.19. The lowest BCUT2D eigenvalue weighted by Crippen LogP contribution is -2.24. The summed E-state index contributed by atoms with van der Waals surface area (Å²) in [6.45, 7) is 3.90. The first-order chi connectivity index (χ1) is 13.6. The number of benzene rings is 2. The normalized spacial score (nSPS) is 13.9. The first-order valence-electron chi connectivity index (χ1n) is 9.62. The van der Waals surface area contributed by atoms with E-state index in [1.807, 2.05) is 60.4 Å². The Labute approximate surface area is 166 Å². The maximum absolute atomic E-state index is 12.4. The Kier molecular flexibility index (Phi) is 6.48. The Hall–Kier alpha value is -3.08. The maximum Gasteiger partial charge on any atom is 0.246 e. The van der Waals surface area contributed by atoms with Gasteiger partial charge in [-0.3, -0.25) is 9.59 Å². The van der Waals surface area contributed by atoms with Crippen LogP contribution in [0.4, 0.5) is 5.69 Å². The molecule has 5 nitrogen and oxygen atoms in total. The summed E-state index contributed by atoms with van der Waals surface area (Å²) in [5, 5.41) is 0. The Morgan fingerprint density at radius 2 is 1.86 bits per heavy atom. The van der Waals surface area contributed by atoms with E-state index in [1.165, 1.54) is 0 Å². The number of carbonyl (C=O) groups is 2. The van der Waals surface area contributed by atoms with Gasteiger partial charge < -0.3 is 14.5 Å². The highest BCUT2D eigenvalue weighted by molar-refractivity contribution is 5.95. The molecule has 0 aliphatic carbocycles. The van der Waals surface area contributed by atoms with Crippen LogP contribution in [-0.4, -0.2) is 36.9 Å². The molecule has 0 aromatic heterocycles. The number of hydrogen-bond acceptors (Lipinski definition) is 3. The van der Waals surface area contributed by atoms with Gasteiger partial charge in [0.25, 0.3) is 0 Å². The van der Waals surface area contributed by atoms with Crippen molar-refractivity contribution >= 4 is 23.6 Å². The monoisotopic (exact) mass is 378 g/mol. The number of carbonyl (C=O) groups excluding carboxylic acids is 2. The Morgan fingerprint density at radius 3 is 2.46 bits per heavy atom. The summed E-state index contributed by atoms with van der Waals surface area (Å²) in [5.41, 5.74) is 2.89. The summed E-state index contributed by atoms with van der Waals surface area (Å²) < 4.78 is 5.43. The lowest BCUT2D eigenvalue weighted by atomic mass is 10.1. The van der Waals surface area contributed by atoms with E-state index < -0.39 is 0 Å². The van der Waals surface area contributed by atoms with Crippen molar-refractivity contribution in [2.45, 2.75) is 26.3 Å². The second kappa shape index (κ2) is 9.22. The fraction of sp³-hybridized carbons (Fsp3) is 0.304. The lowest BCUT2D eigenvalue weighted by Gasteiger charge is -2.16. The second-order valence-corrected chi connectivity index (χ2v) is 6.85. The Bertz CT molecular complexity index is 841. The van der Waals surface area contributed by atoms with E-state index >= 15 is 0 Å². The molecule has 2 aromatic carbocycles. The standard InChI is InChI=1S/C23H26N2O3/c1-3-28-21-13-8-19(9-14-21)17-24(2)22(26)15-10-18-6-11-20(12-7-18)25-16-4-5-23(25)27/h6-15H,3-5,16-17H2,1-2H3/b15-10+. The molecule has 2 amide bonds. The van der Waals surface area contributed by atoms with Gasteiger partial charge in [-0.15, -0.1) is 0 Å². The van der Waals surface area contributed by atoms with Gasteiger partial charge in [-0.2, -0.15) is 0 Å². The molecule has 1 fully saturated rings. The molecule has 0 spiro atoms. The van der Waals surface area contributed by atoms with E-state index in [-0.39, 0.29) is 11.8 Å². The third-order valence-corrected chi connectivity index (χ3v) is 4.73. The number of rotatable bonds is 7. The van der Waals surface area contributed by atoms with Crippen LogP contribution in [0.2, 0.25) is 0 Å². The van der Waals surface area contributed by atoms with Gasteiger partial charge in [-0.05, 0) is 54.8 Å². The summed E-state index contributed by atoms with van der Waals surface area (Å²) in [4.78, 5) is 27.7. The van der Waals surface area contributed by atoms with Gasteiger partial charge in [0, 0.05) is 38.3 Å². The van der Waals surface area contributed by atoms with Crippen molar-refractivity contribution in [3.05, 3.63) is 65.7 Å². The molecule has 1 heterocycles. The molecule has 0 unspecified atom stereocenters. The summed E-state index contributed by atoms with van der Waals surface area (Å²) in [6.07, 6.45) is 4.91.